The number of methoxy groups -OCH3 is 2. The molecule has 0 unspecified atom stereocenters. The van der Waals surface area contributed by atoms with Crippen molar-refractivity contribution in [3.8, 4) is 17.2 Å². The number of imide groups is 2. The number of rotatable bonds is 5. The normalized spacial score (nSPS) is 28.9. The van der Waals surface area contributed by atoms with Crippen LogP contribution in [0, 0.1) is 23.7 Å². The number of hydrogen-bond acceptors (Lipinski definition) is 7. The summed E-state index contributed by atoms with van der Waals surface area (Å²) >= 11 is 6.35. The number of amides is 4. The summed E-state index contributed by atoms with van der Waals surface area (Å²) in [6, 6.07) is 19.2. The number of carbonyl (C=O) groups excluding carboxylic acids is 4. The fourth-order valence-electron chi connectivity index (χ4n) is 8.36. The summed E-state index contributed by atoms with van der Waals surface area (Å²) in [4.78, 5) is 59.1. The molecule has 230 valence electrons. The summed E-state index contributed by atoms with van der Waals surface area (Å²) in [5.41, 5.74) is 0.922. The van der Waals surface area contributed by atoms with Crippen molar-refractivity contribution in [2.45, 2.75) is 24.2 Å². The minimum Gasteiger partial charge on any atom is -0.502 e. The molecule has 3 fully saturated rings. The molecule has 2 aliphatic heterocycles. The second-order valence-corrected chi connectivity index (χ2v) is 12.5. The number of anilines is 1. The number of ether oxygens (including phenoxy) is 2. The van der Waals surface area contributed by atoms with E-state index in [0.717, 1.165) is 5.57 Å². The van der Waals surface area contributed by atoms with Crippen molar-refractivity contribution in [3.05, 3.63) is 94.5 Å². The Bertz CT molecular complexity index is 1780. The Kier molecular flexibility index (Phi) is 6.78. The molecule has 0 spiro atoms. The Morgan fingerprint density at radius 2 is 1.56 bits per heavy atom. The molecule has 9 nitrogen and oxygen atoms in total. The molecule has 2 heterocycles. The van der Waals surface area contributed by atoms with Crippen molar-refractivity contribution >= 4 is 40.9 Å². The van der Waals surface area contributed by atoms with E-state index in [1.807, 2.05) is 36.4 Å². The minimum atomic E-state index is -1.44. The lowest BCUT2D eigenvalue weighted by molar-refractivity contribution is -0.138. The fourth-order valence-corrected chi connectivity index (χ4v) is 8.54. The predicted octanol–water partition coefficient (Wildman–Crippen LogP) is 4.86. The third-order valence-electron chi connectivity index (χ3n) is 10.2. The molecule has 6 atom stereocenters. The number of likely N-dealkylation sites (tertiary alicyclic amines) is 1. The van der Waals surface area contributed by atoms with E-state index >= 15 is 4.79 Å². The number of nitrogens with zero attached hydrogens (tertiary/aromatic N) is 2. The highest BCUT2D eigenvalue weighted by Crippen LogP contribution is 2.65. The Morgan fingerprint density at radius 1 is 0.867 bits per heavy atom. The molecule has 3 aromatic rings. The Morgan fingerprint density at radius 3 is 2.20 bits per heavy atom. The number of hydrogen-bond donors (Lipinski definition) is 1. The van der Waals surface area contributed by atoms with E-state index < -0.39 is 46.8 Å². The lowest BCUT2D eigenvalue weighted by Gasteiger charge is -2.50. The molecule has 0 aromatic heterocycles. The summed E-state index contributed by atoms with van der Waals surface area (Å²) in [5, 5.41) is 11.2. The van der Waals surface area contributed by atoms with E-state index in [4.69, 9.17) is 21.1 Å². The van der Waals surface area contributed by atoms with Gasteiger partial charge in [0.2, 0.25) is 29.4 Å². The lowest BCUT2D eigenvalue weighted by atomic mass is 9.49. The van der Waals surface area contributed by atoms with E-state index in [2.05, 4.69) is 0 Å². The molecule has 2 aliphatic carbocycles. The van der Waals surface area contributed by atoms with Crippen molar-refractivity contribution in [3.63, 3.8) is 0 Å². The first kappa shape index (κ1) is 29.1. The van der Waals surface area contributed by atoms with Crippen molar-refractivity contribution in [1.29, 1.82) is 0 Å². The number of phenols is 1. The Hall–Kier alpha value is -4.63. The van der Waals surface area contributed by atoms with Gasteiger partial charge in [0.25, 0.3) is 0 Å². The average Bonchev–Trinajstić information content (AvgIpc) is 3.41. The van der Waals surface area contributed by atoms with Crippen LogP contribution in [0.1, 0.15) is 29.9 Å². The van der Waals surface area contributed by atoms with Gasteiger partial charge in [0, 0.05) is 18.0 Å². The highest BCUT2D eigenvalue weighted by atomic mass is 35.5. The quantitative estimate of drug-likeness (QED) is 0.318. The van der Waals surface area contributed by atoms with Crippen molar-refractivity contribution in [1.82, 2.24) is 4.90 Å². The van der Waals surface area contributed by atoms with Gasteiger partial charge in [-0.3, -0.25) is 24.1 Å². The molecule has 7 rings (SSSR count). The number of allylic oxidation sites excluding steroid dienone is 2. The zero-order valence-electron chi connectivity index (χ0n) is 24.9. The van der Waals surface area contributed by atoms with Gasteiger partial charge in [-0.15, -0.1) is 0 Å². The van der Waals surface area contributed by atoms with Crippen molar-refractivity contribution in [2.75, 3.05) is 26.2 Å². The molecule has 1 N–H and O–H groups in total. The van der Waals surface area contributed by atoms with Gasteiger partial charge < -0.3 is 14.6 Å². The van der Waals surface area contributed by atoms with Gasteiger partial charge in [-0.1, -0.05) is 59.6 Å². The maximum atomic E-state index is 15.2. The van der Waals surface area contributed by atoms with E-state index in [-0.39, 0.29) is 35.5 Å². The molecule has 4 aliphatic rings. The van der Waals surface area contributed by atoms with E-state index in [1.165, 1.54) is 31.1 Å². The van der Waals surface area contributed by atoms with Gasteiger partial charge in [-0.25, -0.2) is 4.90 Å². The summed E-state index contributed by atoms with van der Waals surface area (Å²) in [7, 11) is 4.34. The van der Waals surface area contributed by atoms with E-state index in [1.54, 1.807) is 36.4 Å². The molecule has 2 saturated heterocycles. The largest absolute Gasteiger partial charge is 0.502 e. The number of phenolic OH excluding ortho intramolecular Hbond substituents is 1. The SMILES string of the molecule is COc1cc([C@H]2C3=CC[C@@H]4C(=O)N(C)C(=O)[C@@H]4[C@@H]3C[C@H]3C(=O)N(c4cccc(Cl)c4)C(=O)[C@@]23c2ccccc2)cc(OC)c1O. The van der Waals surface area contributed by atoms with E-state index in [0.29, 0.717) is 28.3 Å². The van der Waals surface area contributed by atoms with Gasteiger partial charge in [-0.2, -0.15) is 0 Å². The zero-order chi connectivity index (χ0) is 31.8. The predicted molar refractivity (Wildman–Crippen MR) is 165 cm³/mol. The number of halogens is 1. The number of fused-ring (bicyclic) bond motifs is 4. The van der Waals surface area contributed by atoms with Gasteiger partial charge in [-0.05, 0) is 60.2 Å². The summed E-state index contributed by atoms with van der Waals surface area (Å²) in [5.74, 6) is -4.63. The van der Waals surface area contributed by atoms with Crippen LogP contribution in [0.25, 0.3) is 0 Å². The van der Waals surface area contributed by atoms with Crippen LogP contribution in [-0.2, 0) is 24.6 Å². The molecule has 1 saturated carbocycles. The van der Waals surface area contributed by atoms with Gasteiger partial charge >= 0.3 is 0 Å². The monoisotopic (exact) mass is 626 g/mol. The topological polar surface area (TPSA) is 113 Å². The molecular weight excluding hydrogens is 596 g/mol. The molecule has 0 radical (unpaired) electrons. The zero-order valence-corrected chi connectivity index (χ0v) is 25.7. The van der Waals surface area contributed by atoms with Gasteiger partial charge in [0.1, 0.15) is 0 Å². The first-order valence-corrected chi connectivity index (χ1v) is 15.2. The second kappa shape index (κ2) is 10.5. The first-order valence-electron chi connectivity index (χ1n) is 14.8. The van der Waals surface area contributed by atoms with Crippen LogP contribution in [-0.4, -0.2) is 54.9 Å². The molecule has 3 aromatic carbocycles. The van der Waals surface area contributed by atoms with E-state index in [9.17, 15) is 19.5 Å². The molecular formula is C35H31ClN2O7. The van der Waals surface area contributed by atoms with Crippen LogP contribution >= 0.6 is 11.6 Å². The molecule has 4 amide bonds. The average molecular weight is 627 g/mol. The third kappa shape index (κ3) is 3.92. The summed E-state index contributed by atoms with van der Waals surface area (Å²) < 4.78 is 11.1. The van der Waals surface area contributed by atoms with Gasteiger partial charge in [0.15, 0.2) is 11.5 Å². The van der Waals surface area contributed by atoms with Crippen LogP contribution in [0.2, 0.25) is 5.02 Å². The number of aromatic hydroxyl groups is 1. The highest BCUT2D eigenvalue weighted by molar-refractivity contribution is 6.32. The molecule has 45 heavy (non-hydrogen) atoms. The number of benzene rings is 3. The summed E-state index contributed by atoms with van der Waals surface area (Å²) in [6.07, 6.45) is 2.50. The highest BCUT2D eigenvalue weighted by Gasteiger charge is 2.70. The van der Waals surface area contributed by atoms with Crippen molar-refractivity contribution in [2.24, 2.45) is 23.7 Å². The maximum Gasteiger partial charge on any atom is 0.246 e. The smallest absolute Gasteiger partial charge is 0.246 e. The van der Waals surface area contributed by atoms with Crippen molar-refractivity contribution < 1.29 is 33.8 Å². The fraction of sp³-hybridized carbons (Fsp3) is 0.314. The van der Waals surface area contributed by atoms with Crippen LogP contribution in [0.3, 0.4) is 0 Å². The third-order valence-corrected chi connectivity index (χ3v) is 10.5. The molecule has 0 bridgehead atoms. The first-order chi connectivity index (χ1) is 21.6. The lowest BCUT2D eigenvalue weighted by Crippen LogP contribution is -2.53. The van der Waals surface area contributed by atoms with Crippen LogP contribution in [0.4, 0.5) is 5.69 Å². The Balaban J connectivity index is 1.55. The van der Waals surface area contributed by atoms with Crippen LogP contribution in [0.5, 0.6) is 17.2 Å². The summed E-state index contributed by atoms with van der Waals surface area (Å²) in [6.45, 7) is 0. The molecule has 10 heteroatoms. The Labute approximate surface area is 265 Å². The number of carbonyl (C=O) groups is 4. The standard InChI is InChI=1S/C35H31ClN2O7/c1-37-31(40)23-13-12-22-24(28(23)33(37)42)17-25-32(41)38(21-11-7-10-20(36)16-21)34(43)35(25,19-8-5-4-6-9-19)29(22)18-14-26(44-2)30(39)27(15-18)45-3/h4-12,14-16,23-25,28-29,39H,13,17H2,1-3H3/t23-,24+,25-,28-,29-,35+/m0/s1. The second-order valence-electron chi connectivity index (χ2n) is 12.1. The van der Waals surface area contributed by atoms with Crippen LogP contribution < -0.4 is 14.4 Å². The van der Waals surface area contributed by atoms with Gasteiger partial charge in [0.05, 0.1) is 43.1 Å². The minimum absolute atomic E-state index is 0.135. The maximum absolute atomic E-state index is 15.2. The van der Waals surface area contributed by atoms with Crippen LogP contribution in [0.15, 0.2) is 78.4 Å².